The van der Waals surface area contributed by atoms with Gasteiger partial charge in [-0.1, -0.05) is 32.0 Å². The summed E-state index contributed by atoms with van der Waals surface area (Å²) in [5.74, 6) is 1.51. The van der Waals surface area contributed by atoms with Gasteiger partial charge in [-0.3, -0.25) is 4.90 Å². The van der Waals surface area contributed by atoms with Gasteiger partial charge in [0.15, 0.2) is 0 Å². The number of para-hydroxylation sites is 1. The predicted molar refractivity (Wildman–Crippen MR) is 97.9 cm³/mol. The molecule has 0 amide bonds. The molecule has 0 radical (unpaired) electrons. The van der Waals surface area contributed by atoms with Gasteiger partial charge < -0.3 is 14.2 Å². The summed E-state index contributed by atoms with van der Waals surface area (Å²) in [5, 5.41) is 0. The van der Waals surface area contributed by atoms with E-state index >= 15 is 0 Å². The highest BCUT2D eigenvalue weighted by atomic mass is 16.5. The lowest BCUT2D eigenvalue weighted by atomic mass is 9.98. The minimum atomic E-state index is 0.314. The van der Waals surface area contributed by atoms with Crippen molar-refractivity contribution in [1.29, 1.82) is 0 Å². The topological polar surface area (TPSA) is 30.9 Å². The molecule has 0 bridgehead atoms. The fraction of sp³-hybridized carbons (Fsp3) is 0.700. The lowest BCUT2D eigenvalue weighted by Crippen LogP contribution is -2.46. The van der Waals surface area contributed by atoms with E-state index in [-0.39, 0.29) is 0 Å². The molecule has 24 heavy (non-hydrogen) atoms. The molecule has 1 aromatic rings. The molecule has 3 atom stereocenters. The Bertz CT molecular complexity index is 470. The number of benzene rings is 1. The number of nitrogens with zero attached hydrogens (tertiary/aromatic N) is 1. The summed E-state index contributed by atoms with van der Waals surface area (Å²) in [7, 11) is 0. The quantitative estimate of drug-likeness (QED) is 0.644. The Morgan fingerprint density at radius 3 is 2.54 bits per heavy atom. The van der Waals surface area contributed by atoms with E-state index in [9.17, 15) is 0 Å². The fourth-order valence-electron chi connectivity index (χ4n) is 3.21. The van der Waals surface area contributed by atoms with E-state index in [1.165, 1.54) is 5.56 Å². The van der Waals surface area contributed by atoms with Crippen LogP contribution in [0.5, 0.6) is 5.75 Å². The summed E-state index contributed by atoms with van der Waals surface area (Å²) in [5.41, 5.74) is 1.29. The van der Waals surface area contributed by atoms with Gasteiger partial charge in [-0.2, -0.15) is 0 Å². The Kier molecular flexibility index (Phi) is 8.03. The van der Waals surface area contributed by atoms with Crippen LogP contribution >= 0.6 is 0 Å². The van der Waals surface area contributed by atoms with Crippen molar-refractivity contribution in [3.8, 4) is 5.75 Å². The van der Waals surface area contributed by atoms with Crippen molar-refractivity contribution in [1.82, 2.24) is 4.90 Å². The largest absolute Gasteiger partial charge is 0.491 e. The molecule has 2 rings (SSSR count). The maximum Gasteiger partial charge on any atom is 0.122 e. The van der Waals surface area contributed by atoms with Crippen LogP contribution in [-0.4, -0.2) is 56.6 Å². The van der Waals surface area contributed by atoms with Crippen molar-refractivity contribution in [3.63, 3.8) is 0 Å². The van der Waals surface area contributed by atoms with E-state index < -0.39 is 0 Å². The number of hydrogen-bond donors (Lipinski definition) is 0. The third-order valence-electron chi connectivity index (χ3n) is 4.59. The lowest BCUT2D eigenvalue weighted by molar-refractivity contribution is -0.0734. The van der Waals surface area contributed by atoms with Crippen LogP contribution in [0.4, 0.5) is 0 Å². The van der Waals surface area contributed by atoms with Gasteiger partial charge in [0.1, 0.15) is 12.4 Å². The molecule has 4 nitrogen and oxygen atoms in total. The molecule has 1 aliphatic heterocycles. The van der Waals surface area contributed by atoms with E-state index in [1.807, 2.05) is 6.07 Å². The SMILES string of the molecule is CC[C@H](C)c1ccccc1OCCOCCN1C[C@@H](C)O[C@H](C)C1. The van der Waals surface area contributed by atoms with Gasteiger partial charge in [0, 0.05) is 19.6 Å². The zero-order valence-electron chi connectivity index (χ0n) is 15.7. The first-order valence-electron chi connectivity index (χ1n) is 9.27. The Morgan fingerprint density at radius 2 is 1.83 bits per heavy atom. The van der Waals surface area contributed by atoms with Crippen molar-refractivity contribution in [2.75, 3.05) is 39.5 Å². The molecule has 4 heteroatoms. The molecule has 136 valence electrons. The minimum absolute atomic E-state index is 0.314. The second-order valence-electron chi connectivity index (χ2n) is 6.82. The molecule has 0 N–H and O–H groups in total. The van der Waals surface area contributed by atoms with Gasteiger partial charge in [0.25, 0.3) is 0 Å². The fourth-order valence-corrected chi connectivity index (χ4v) is 3.21. The molecule has 0 spiro atoms. The highest BCUT2D eigenvalue weighted by molar-refractivity contribution is 5.35. The van der Waals surface area contributed by atoms with Crippen molar-refractivity contribution in [3.05, 3.63) is 29.8 Å². The first-order valence-corrected chi connectivity index (χ1v) is 9.27. The van der Waals surface area contributed by atoms with Gasteiger partial charge in [-0.05, 0) is 37.8 Å². The van der Waals surface area contributed by atoms with Crippen LogP contribution < -0.4 is 4.74 Å². The second-order valence-corrected chi connectivity index (χ2v) is 6.82. The molecule has 0 unspecified atom stereocenters. The average Bonchev–Trinajstić information content (AvgIpc) is 2.56. The minimum Gasteiger partial charge on any atom is -0.491 e. The van der Waals surface area contributed by atoms with E-state index in [0.29, 0.717) is 31.3 Å². The standard InChI is InChI=1S/C20H33NO3/c1-5-16(2)19-8-6-7-9-20(19)23-13-12-22-11-10-21-14-17(3)24-18(4)15-21/h6-9,16-18H,5,10-15H2,1-4H3/t16-,17+,18+/m0/s1. The van der Waals surface area contributed by atoms with Crippen LogP contribution in [0.25, 0.3) is 0 Å². The number of ether oxygens (including phenoxy) is 3. The molecule has 0 aliphatic carbocycles. The normalized spacial score (nSPS) is 23.2. The summed E-state index contributed by atoms with van der Waals surface area (Å²) in [6.45, 7) is 13.6. The van der Waals surface area contributed by atoms with Gasteiger partial charge in [-0.25, -0.2) is 0 Å². The molecule has 1 aromatic carbocycles. The monoisotopic (exact) mass is 335 g/mol. The zero-order chi connectivity index (χ0) is 17.4. The third-order valence-corrected chi connectivity index (χ3v) is 4.59. The molecule has 1 heterocycles. The van der Waals surface area contributed by atoms with Crippen molar-refractivity contribution < 1.29 is 14.2 Å². The van der Waals surface area contributed by atoms with Crippen LogP contribution in [0.1, 0.15) is 45.6 Å². The van der Waals surface area contributed by atoms with Crippen molar-refractivity contribution in [2.45, 2.75) is 52.2 Å². The average molecular weight is 335 g/mol. The predicted octanol–water partition coefficient (Wildman–Crippen LogP) is 3.70. The Balaban J connectivity index is 1.63. The molecule has 0 saturated carbocycles. The van der Waals surface area contributed by atoms with Crippen molar-refractivity contribution >= 4 is 0 Å². The van der Waals surface area contributed by atoms with E-state index in [0.717, 1.165) is 38.4 Å². The number of hydrogen-bond acceptors (Lipinski definition) is 4. The molecular weight excluding hydrogens is 302 g/mol. The number of rotatable bonds is 9. The lowest BCUT2D eigenvalue weighted by Gasteiger charge is -2.35. The van der Waals surface area contributed by atoms with Crippen LogP contribution in [0.3, 0.4) is 0 Å². The summed E-state index contributed by atoms with van der Waals surface area (Å²) < 4.78 is 17.4. The smallest absolute Gasteiger partial charge is 0.122 e. The second kappa shape index (κ2) is 10.0. The molecule has 1 fully saturated rings. The van der Waals surface area contributed by atoms with Crippen LogP contribution in [0.15, 0.2) is 24.3 Å². The van der Waals surface area contributed by atoms with Crippen LogP contribution in [0, 0.1) is 0 Å². The maximum absolute atomic E-state index is 5.93. The van der Waals surface area contributed by atoms with Crippen molar-refractivity contribution in [2.24, 2.45) is 0 Å². The highest BCUT2D eigenvalue weighted by Gasteiger charge is 2.21. The molecule has 0 aromatic heterocycles. The van der Waals surface area contributed by atoms with Gasteiger partial charge in [0.05, 0.1) is 25.4 Å². The summed E-state index contributed by atoms with van der Waals surface area (Å²) in [6, 6.07) is 8.32. The Hall–Kier alpha value is -1.10. The zero-order valence-corrected chi connectivity index (χ0v) is 15.7. The van der Waals surface area contributed by atoms with E-state index in [1.54, 1.807) is 0 Å². The van der Waals surface area contributed by atoms with Gasteiger partial charge >= 0.3 is 0 Å². The molecular formula is C20H33NO3. The van der Waals surface area contributed by atoms with Crippen LogP contribution in [0.2, 0.25) is 0 Å². The highest BCUT2D eigenvalue weighted by Crippen LogP contribution is 2.28. The summed E-state index contributed by atoms with van der Waals surface area (Å²) >= 11 is 0. The Morgan fingerprint density at radius 1 is 1.12 bits per heavy atom. The Labute approximate surface area is 147 Å². The van der Waals surface area contributed by atoms with Gasteiger partial charge in [-0.15, -0.1) is 0 Å². The third kappa shape index (κ3) is 6.08. The maximum atomic E-state index is 5.93. The first kappa shape index (κ1) is 19.2. The van der Waals surface area contributed by atoms with Gasteiger partial charge in [0.2, 0.25) is 0 Å². The van der Waals surface area contributed by atoms with E-state index in [4.69, 9.17) is 14.2 Å². The summed E-state index contributed by atoms with van der Waals surface area (Å²) in [6.07, 6.45) is 1.75. The number of morpholine rings is 1. The molecule has 1 aliphatic rings. The summed E-state index contributed by atoms with van der Waals surface area (Å²) in [4.78, 5) is 2.41. The first-order chi connectivity index (χ1) is 11.6. The molecule has 1 saturated heterocycles. The van der Waals surface area contributed by atoms with Crippen LogP contribution in [-0.2, 0) is 9.47 Å². The van der Waals surface area contributed by atoms with E-state index in [2.05, 4.69) is 50.8 Å².